The first-order valence-electron chi connectivity index (χ1n) is 10.6. The number of aromatic nitrogens is 2. The summed E-state index contributed by atoms with van der Waals surface area (Å²) in [5.74, 6) is 1.75. The fourth-order valence-electron chi connectivity index (χ4n) is 3.55. The summed E-state index contributed by atoms with van der Waals surface area (Å²) in [5.41, 5.74) is 2.16. The first-order chi connectivity index (χ1) is 14.4. The standard InChI is InChI=1S/C22H29N5O3/c1-13(2)15-6-8-17(9-7-15)30-12-21(29)24-19-11-18(16-4-5-16)26-27(19)22-23-14(3)10-20(28)25-22/h6-9,11,13-14,16,22-23H,4-5,10,12H2,1-3H3,(H,24,29)(H,25,28). The van der Waals surface area contributed by atoms with Gasteiger partial charge in [0.15, 0.2) is 12.9 Å². The third-order valence-electron chi connectivity index (χ3n) is 5.41. The fourth-order valence-corrected chi connectivity index (χ4v) is 3.55. The molecule has 8 heteroatoms. The molecule has 2 aliphatic rings. The largest absolute Gasteiger partial charge is 0.484 e. The molecule has 0 bridgehead atoms. The molecule has 4 rings (SSSR count). The SMILES string of the molecule is CC1CC(=O)NC(n2nc(C3CC3)cc2NC(=O)COc2ccc(C(C)C)cc2)N1. The van der Waals surface area contributed by atoms with E-state index >= 15 is 0 Å². The Morgan fingerprint density at radius 3 is 2.67 bits per heavy atom. The zero-order valence-electron chi connectivity index (χ0n) is 17.6. The first-order valence-corrected chi connectivity index (χ1v) is 10.6. The van der Waals surface area contributed by atoms with Gasteiger partial charge in [0.05, 0.1) is 5.69 Å². The normalized spacial score (nSPS) is 21.4. The highest BCUT2D eigenvalue weighted by molar-refractivity contribution is 5.91. The number of nitrogens with one attached hydrogen (secondary N) is 3. The molecule has 2 aromatic rings. The van der Waals surface area contributed by atoms with E-state index in [1.54, 1.807) is 4.68 Å². The number of benzene rings is 1. The lowest BCUT2D eigenvalue weighted by atomic mass is 10.0. The van der Waals surface area contributed by atoms with Crippen molar-refractivity contribution in [2.75, 3.05) is 11.9 Å². The number of hydrogen-bond acceptors (Lipinski definition) is 5. The Morgan fingerprint density at radius 1 is 1.30 bits per heavy atom. The van der Waals surface area contributed by atoms with Gasteiger partial charge in [-0.1, -0.05) is 26.0 Å². The summed E-state index contributed by atoms with van der Waals surface area (Å²) in [5, 5.41) is 13.7. The van der Waals surface area contributed by atoms with Crippen LogP contribution >= 0.6 is 0 Å². The molecule has 1 saturated heterocycles. The van der Waals surface area contributed by atoms with Gasteiger partial charge in [0.1, 0.15) is 11.6 Å². The van der Waals surface area contributed by atoms with E-state index in [0.29, 0.717) is 29.8 Å². The number of anilines is 1. The van der Waals surface area contributed by atoms with E-state index in [1.165, 1.54) is 5.56 Å². The van der Waals surface area contributed by atoms with Crippen LogP contribution in [0.2, 0.25) is 0 Å². The summed E-state index contributed by atoms with van der Waals surface area (Å²) in [7, 11) is 0. The van der Waals surface area contributed by atoms with Gasteiger partial charge in [-0.15, -0.1) is 0 Å². The van der Waals surface area contributed by atoms with Gasteiger partial charge in [-0.3, -0.25) is 14.9 Å². The van der Waals surface area contributed by atoms with Gasteiger partial charge in [0.2, 0.25) is 5.91 Å². The fraction of sp³-hybridized carbons (Fsp3) is 0.500. The number of ether oxygens (including phenoxy) is 1. The molecule has 2 atom stereocenters. The Morgan fingerprint density at radius 2 is 2.03 bits per heavy atom. The minimum Gasteiger partial charge on any atom is -0.484 e. The minimum atomic E-state index is -0.492. The highest BCUT2D eigenvalue weighted by Gasteiger charge is 2.31. The van der Waals surface area contributed by atoms with Crippen LogP contribution in [-0.4, -0.2) is 34.2 Å². The van der Waals surface area contributed by atoms with Crippen molar-refractivity contribution in [2.45, 2.75) is 64.2 Å². The predicted octanol–water partition coefficient (Wildman–Crippen LogP) is 2.86. The number of carbonyl (C=O) groups excluding carboxylic acids is 2. The minimum absolute atomic E-state index is 0.0259. The molecule has 2 unspecified atom stereocenters. The van der Waals surface area contributed by atoms with Gasteiger partial charge in [-0.25, -0.2) is 4.68 Å². The van der Waals surface area contributed by atoms with Crippen LogP contribution in [0.25, 0.3) is 0 Å². The Hall–Kier alpha value is -2.87. The predicted molar refractivity (Wildman–Crippen MR) is 113 cm³/mol. The smallest absolute Gasteiger partial charge is 0.263 e. The average molecular weight is 412 g/mol. The lowest BCUT2D eigenvalue weighted by Crippen LogP contribution is -2.52. The Bertz CT molecular complexity index is 917. The molecule has 8 nitrogen and oxygen atoms in total. The van der Waals surface area contributed by atoms with Crippen molar-refractivity contribution < 1.29 is 14.3 Å². The van der Waals surface area contributed by atoms with Crippen molar-refractivity contribution in [1.82, 2.24) is 20.4 Å². The van der Waals surface area contributed by atoms with Gasteiger partial charge in [-0.2, -0.15) is 5.10 Å². The molecule has 3 N–H and O–H groups in total. The molecule has 1 saturated carbocycles. The quantitative estimate of drug-likeness (QED) is 0.651. The van der Waals surface area contributed by atoms with E-state index in [4.69, 9.17) is 4.74 Å². The Labute approximate surface area is 176 Å². The number of carbonyl (C=O) groups is 2. The van der Waals surface area contributed by atoms with Crippen molar-refractivity contribution in [3.05, 3.63) is 41.6 Å². The van der Waals surface area contributed by atoms with E-state index < -0.39 is 6.29 Å². The van der Waals surface area contributed by atoms with E-state index in [1.807, 2.05) is 37.3 Å². The van der Waals surface area contributed by atoms with Gasteiger partial charge in [0.25, 0.3) is 5.91 Å². The molecule has 160 valence electrons. The van der Waals surface area contributed by atoms with Crippen LogP contribution in [0, 0.1) is 0 Å². The summed E-state index contributed by atoms with van der Waals surface area (Å²) < 4.78 is 7.28. The third-order valence-corrected chi connectivity index (χ3v) is 5.41. The molecule has 1 aromatic carbocycles. The second-order valence-corrected chi connectivity index (χ2v) is 8.48. The van der Waals surface area contributed by atoms with Gasteiger partial charge in [-0.05, 0) is 43.4 Å². The zero-order chi connectivity index (χ0) is 21.3. The Balaban J connectivity index is 1.42. The maximum atomic E-state index is 12.5. The van der Waals surface area contributed by atoms with Gasteiger partial charge >= 0.3 is 0 Å². The lowest BCUT2D eigenvalue weighted by Gasteiger charge is -2.30. The van der Waals surface area contributed by atoms with Crippen LogP contribution in [0.4, 0.5) is 5.82 Å². The molecule has 30 heavy (non-hydrogen) atoms. The van der Waals surface area contributed by atoms with Crippen LogP contribution < -0.4 is 20.7 Å². The number of rotatable bonds is 7. The highest BCUT2D eigenvalue weighted by atomic mass is 16.5. The third kappa shape index (κ3) is 4.81. The molecular weight excluding hydrogens is 382 g/mol. The molecule has 1 aliphatic heterocycles. The average Bonchev–Trinajstić information content (AvgIpc) is 3.47. The van der Waals surface area contributed by atoms with Crippen molar-refractivity contribution >= 4 is 17.6 Å². The van der Waals surface area contributed by atoms with E-state index in [2.05, 4.69) is 34.9 Å². The highest BCUT2D eigenvalue weighted by Crippen LogP contribution is 2.40. The maximum Gasteiger partial charge on any atom is 0.263 e. The summed E-state index contributed by atoms with van der Waals surface area (Å²) in [6.45, 7) is 6.11. The summed E-state index contributed by atoms with van der Waals surface area (Å²) >= 11 is 0. The number of nitrogens with zero attached hydrogens (tertiary/aromatic N) is 2. The molecule has 2 heterocycles. The van der Waals surface area contributed by atoms with E-state index in [0.717, 1.165) is 18.5 Å². The van der Waals surface area contributed by atoms with Crippen molar-refractivity contribution in [1.29, 1.82) is 0 Å². The van der Waals surface area contributed by atoms with E-state index in [-0.39, 0.29) is 24.5 Å². The second kappa shape index (κ2) is 8.47. The molecular formula is C22H29N5O3. The summed E-state index contributed by atoms with van der Waals surface area (Å²) in [6.07, 6.45) is 2.12. The zero-order valence-corrected chi connectivity index (χ0v) is 17.6. The molecule has 0 spiro atoms. The number of amides is 2. The summed E-state index contributed by atoms with van der Waals surface area (Å²) in [4.78, 5) is 24.5. The van der Waals surface area contributed by atoms with Crippen LogP contribution in [0.1, 0.15) is 69.4 Å². The molecule has 2 fully saturated rings. The van der Waals surface area contributed by atoms with Gasteiger partial charge < -0.3 is 15.4 Å². The van der Waals surface area contributed by atoms with Crippen LogP contribution in [0.5, 0.6) is 5.75 Å². The van der Waals surface area contributed by atoms with Crippen molar-refractivity contribution in [2.24, 2.45) is 0 Å². The molecule has 0 radical (unpaired) electrons. The van der Waals surface area contributed by atoms with Gasteiger partial charge in [0, 0.05) is 24.4 Å². The first kappa shape index (κ1) is 20.4. The van der Waals surface area contributed by atoms with Crippen LogP contribution in [0.3, 0.4) is 0 Å². The van der Waals surface area contributed by atoms with Crippen molar-refractivity contribution in [3.63, 3.8) is 0 Å². The topological polar surface area (TPSA) is 97.3 Å². The monoisotopic (exact) mass is 411 g/mol. The lowest BCUT2D eigenvalue weighted by molar-refractivity contribution is -0.125. The Kier molecular flexibility index (Phi) is 5.76. The maximum absolute atomic E-state index is 12.5. The molecule has 2 amide bonds. The second-order valence-electron chi connectivity index (χ2n) is 8.48. The molecule has 1 aromatic heterocycles. The van der Waals surface area contributed by atoms with Crippen LogP contribution in [0.15, 0.2) is 30.3 Å². The van der Waals surface area contributed by atoms with Crippen LogP contribution in [-0.2, 0) is 9.59 Å². The van der Waals surface area contributed by atoms with Crippen molar-refractivity contribution in [3.8, 4) is 5.75 Å². The number of hydrogen-bond donors (Lipinski definition) is 3. The van der Waals surface area contributed by atoms with E-state index in [9.17, 15) is 9.59 Å². The molecule has 1 aliphatic carbocycles. The summed E-state index contributed by atoms with van der Waals surface area (Å²) in [6, 6.07) is 9.68.